The Morgan fingerprint density at radius 2 is 1.90 bits per heavy atom. The van der Waals surface area contributed by atoms with Crippen molar-refractivity contribution in [3.05, 3.63) is 0 Å². The first-order chi connectivity index (χ1) is 10.1. The second-order valence-corrected chi connectivity index (χ2v) is 5.53. The Labute approximate surface area is 127 Å². The number of carbonyl (C=O) groups excluding carboxylic acids is 2. The van der Waals surface area contributed by atoms with Gasteiger partial charge in [-0.1, -0.05) is 6.42 Å². The molecule has 0 spiro atoms. The Hall–Kier alpha value is -1.34. The van der Waals surface area contributed by atoms with Crippen molar-refractivity contribution in [1.29, 1.82) is 0 Å². The smallest absolute Gasteiger partial charge is 0.314 e. The van der Waals surface area contributed by atoms with Crippen LogP contribution >= 0.6 is 0 Å². The predicted molar refractivity (Wildman–Crippen MR) is 82.9 cm³/mol. The third kappa shape index (κ3) is 6.31. The SMILES string of the molecule is CNCCCCC(N)C(=O)N1CCC(NC(=O)NC)CC1. The molecule has 7 nitrogen and oxygen atoms in total. The van der Waals surface area contributed by atoms with Crippen molar-refractivity contribution in [1.82, 2.24) is 20.9 Å². The van der Waals surface area contributed by atoms with Gasteiger partial charge >= 0.3 is 6.03 Å². The van der Waals surface area contributed by atoms with Gasteiger partial charge in [-0.15, -0.1) is 0 Å². The Kier molecular flexibility index (Phi) is 8.07. The fraction of sp³-hybridized carbons (Fsp3) is 0.857. The van der Waals surface area contributed by atoms with Crippen LogP contribution in [0.1, 0.15) is 32.1 Å². The zero-order chi connectivity index (χ0) is 15.7. The van der Waals surface area contributed by atoms with Crippen LogP contribution in [0.2, 0.25) is 0 Å². The highest BCUT2D eigenvalue weighted by Crippen LogP contribution is 2.12. The maximum atomic E-state index is 12.2. The summed E-state index contributed by atoms with van der Waals surface area (Å²) in [5.74, 6) is 0.0397. The molecule has 122 valence electrons. The number of piperidine rings is 1. The first kappa shape index (κ1) is 17.7. The van der Waals surface area contributed by atoms with Crippen molar-refractivity contribution < 1.29 is 9.59 Å². The van der Waals surface area contributed by atoms with Crippen LogP contribution in [0.4, 0.5) is 4.79 Å². The average molecular weight is 299 g/mol. The van der Waals surface area contributed by atoms with Gasteiger partial charge in [-0.2, -0.15) is 0 Å². The first-order valence-electron chi connectivity index (χ1n) is 7.75. The molecule has 1 unspecified atom stereocenters. The molecule has 1 saturated heterocycles. The monoisotopic (exact) mass is 299 g/mol. The average Bonchev–Trinajstić information content (AvgIpc) is 2.51. The predicted octanol–water partition coefficient (Wildman–Crippen LogP) is -0.377. The molecule has 3 amide bonds. The summed E-state index contributed by atoms with van der Waals surface area (Å²) >= 11 is 0. The van der Waals surface area contributed by atoms with Gasteiger partial charge in [0.25, 0.3) is 0 Å². The lowest BCUT2D eigenvalue weighted by Gasteiger charge is -2.33. The Balaban J connectivity index is 2.26. The standard InChI is InChI=1S/C14H29N5O2/c1-16-8-4-3-5-12(15)13(20)19-9-6-11(7-10-19)18-14(21)17-2/h11-12,16H,3-10,15H2,1-2H3,(H2,17,18,21). The molecule has 0 aliphatic carbocycles. The minimum absolute atomic E-state index is 0.0397. The van der Waals surface area contributed by atoms with Gasteiger partial charge < -0.3 is 26.6 Å². The lowest BCUT2D eigenvalue weighted by molar-refractivity contribution is -0.133. The summed E-state index contributed by atoms with van der Waals surface area (Å²) in [5, 5.41) is 8.51. The molecule has 1 aliphatic heterocycles. The third-order valence-electron chi connectivity index (χ3n) is 3.88. The highest BCUT2D eigenvalue weighted by atomic mass is 16.2. The number of likely N-dealkylation sites (tertiary alicyclic amines) is 1. The third-order valence-corrected chi connectivity index (χ3v) is 3.88. The molecule has 0 saturated carbocycles. The van der Waals surface area contributed by atoms with E-state index in [4.69, 9.17) is 5.73 Å². The van der Waals surface area contributed by atoms with Crippen molar-refractivity contribution in [3.8, 4) is 0 Å². The van der Waals surface area contributed by atoms with Gasteiger partial charge in [0.05, 0.1) is 6.04 Å². The summed E-state index contributed by atoms with van der Waals surface area (Å²) in [5.41, 5.74) is 5.98. The van der Waals surface area contributed by atoms with Crippen molar-refractivity contribution in [2.45, 2.75) is 44.2 Å². The van der Waals surface area contributed by atoms with Crippen molar-refractivity contribution >= 4 is 11.9 Å². The molecule has 1 heterocycles. The minimum Gasteiger partial charge on any atom is -0.341 e. The lowest BCUT2D eigenvalue weighted by Crippen LogP contribution is -2.51. The van der Waals surface area contributed by atoms with Gasteiger partial charge in [-0.25, -0.2) is 4.79 Å². The number of urea groups is 1. The van der Waals surface area contributed by atoms with E-state index in [0.717, 1.165) is 38.6 Å². The second kappa shape index (κ2) is 9.57. The van der Waals surface area contributed by atoms with Crippen LogP contribution < -0.4 is 21.7 Å². The fourth-order valence-corrected chi connectivity index (χ4v) is 2.53. The molecule has 0 radical (unpaired) electrons. The Morgan fingerprint density at radius 3 is 2.48 bits per heavy atom. The normalized spacial score (nSPS) is 17.4. The van der Waals surface area contributed by atoms with E-state index in [9.17, 15) is 9.59 Å². The van der Waals surface area contributed by atoms with Gasteiger partial charge in [-0.3, -0.25) is 4.79 Å². The molecule has 1 fully saturated rings. The Bertz CT molecular complexity index is 329. The summed E-state index contributed by atoms with van der Waals surface area (Å²) < 4.78 is 0. The maximum Gasteiger partial charge on any atom is 0.314 e. The number of hydrogen-bond acceptors (Lipinski definition) is 4. The maximum absolute atomic E-state index is 12.2. The Morgan fingerprint density at radius 1 is 1.24 bits per heavy atom. The highest BCUT2D eigenvalue weighted by Gasteiger charge is 2.26. The van der Waals surface area contributed by atoms with Gasteiger partial charge in [0.15, 0.2) is 0 Å². The molecule has 7 heteroatoms. The quantitative estimate of drug-likeness (QED) is 0.482. The van der Waals surface area contributed by atoms with Crippen LogP contribution in [-0.4, -0.2) is 62.7 Å². The number of nitrogens with one attached hydrogen (secondary N) is 3. The van der Waals surface area contributed by atoms with Crippen LogP contribution in [0.15, 0.2) is 0 Å². The van der Waals surface area contributed by atoms with E-state index >= 15 is 0 Å². The number of hydrogen-bond donors (Lipinski definition) is 4. The summed E-state index contributed by atoms with van der Waals surface area (Å²) in [4.78, 5) is 25.3. The number of nitrogens with zero attached hydrogens (tertiary/aromatic N) is 1. The number of rotatable bonds is 7. The summed E-state index contributed by atoms with van der Waals surface area (Å²) in [6, 6.07) is -0.424. The first-order valence-corrected chi connectivity index (χ1v) is 7.75. The summed E-state index contributed by atoms with van der Waals surface area (Å²) in [6.45, 7) is 2.28. The van der Waals surface area contributed by atoms with Crippen LogP contribution in [0.5, 0.6) is 0 Å². The highest BCUT2D eigenvalue weighted by molar-refractivity contribution is 5.81. The zero-order valence-electron chi connectivity index (χ0n) is 13.2. The molecule has 0 aromatic carbocycles. The number of unbranched alkanes of at least 4 members (excludes halogenated alkanes) is 1. The van der Waals surface area contributed by atoms with Gasteiger partial charge in [-0.05, 0) is 39.3 Å². The van der Waals surface area contributed by atoms with E-state index in [0.29, 0.717) is 13.1 Å². The van der Waals surface area contributed by atoms with Crippen molar-refractivity contribution in [2.75, 3.05) is 33.7 Å². The molecule has 21 heavy (non-hydrogen) atoms. The van der Waals surface area contributed by atoms with Gasteiger partial charge in [0.2, 0.25) is 5.91 Å². The summed E-state index contributed by atoms with van der Waals surface area (Å²) in [7, 11) is 3.52. The molecule has 5 N–H and O–H groups in total. The molecule has 0 aromatic rings. The van der Waals surface area contributed by atoms with Crippen molar-refractivity contribution in [3.63, 3.8) is 0 Å². The fourth-order valence-electron chi connectivity index (χ4n) is 2.53. The number of nitrogens with two attached hydrogens (primary N) is 1. The lowest BCUT2D eigenvalue weighted by atomic mass is 10.0. The molecule has 0 aromatic heterocycles. The molecular formula is C14H29N5O2. The molecule has 0 bridgehead atoms. The van der Waals surface area contributed by atoms with E-state index in [2.05, 4.69) is 16.0 Å². The largest absolute Gasteiger partial charge is 0.341 e. The van der Waals surface area contributed by atoms with Gasteiger partial charge in [0, 0.05) is 26.2 Å². The molecule has 1 aliphatic rings. The zero-order valence-corrected chi connectivity index (χ0v) is 13.2. The van der Waals surface area contributed by atoms with Crippen LogP contribution in [0, 0.1) is 0 Å². The van der Waals surface area contributed by atoms with E-state index in [1.54, 1.807) is 7.05 Å². The van der Waals surface area contributed by atoms with E-state index in [1.165, 1.54) is 0 Å². The van der Waals surface area contributed by atoms with Crippen molar-refractivity contribution in [2.24, 2.45) is 5.73 Å². The second-order valence-electron chi connectivity index (χ2n) is 5.53. The molecular weight excluding hydrogens is 270 g/mol. The topological polar surface area (TPSA) is 99.5 Å². The molecule has 1 rings (SSSR count). The summed E-state index contributed by atoms with van der Waals surface area (Å²) in [6.07, 6.45) is 4.30. The number of carbonyl (C=O) groups is 2. The minimum atomic E-state index is -0.398. The van der Waals surface area contributed by atoms with Crippen LogP contribution in [0.3, 0.4) is 0 Å². The molecule has 1 atom stereocenters. The van der Waals surface area contributed by atoms with E-state index in [-0.39, 0.29) is 18.0 Å². The van der Waals surface area contributed by atoms with E-state index < -0.39 is 6.04 Å². The van der Waals surface area contributed by atoms with Crippen LogP contribution in [-0.2, 0) is 4.79 Å². The van der Waals surface area contributed by atoms with Gasteiger partial charge in [0.1, 0.15) is 0 Å². The van der Waals surface area contributed by atoms with Crippen LogP contribution in [0.25, 0.3) is 0 Å². The number of amides is 3. The van der Waals surface area contributed by atoms with E-state index in [1.807, 2.05) is 11.9 Å².